The highest BCUT2D eigenvalue weighted by atomic mass is 16.5. The Bertz CT molecular complexity index is 571. The first-order chi connectivity index (χ1) is 10.9. The van der Waals surface area contributed by atoms with E-state index in [2.05, 4.69) is 10.5 Å². The van der Waals surface area contributed by atoms with Crippen LogP contribution in [-0.2, 0) is 4.74 Å². The van der Waals surface area contributed by atoms with E-state index in [1.807, 2.05) is 14.0 Å². The van der Waals surface area contributed by atoms with Gasteiger partial charge in [-0.25, -0.2) is 0 Å². The van der Waals surface area contributed by atoms with Gasteiger partial charge in [0.25, 0.3) is 5.91 Å². The van der Waals surface area contributed by atoms with E-state index in [4.69, 9.17) is 9.26 Å². The zero-order chi connectivity index (χ0) is 16.6. The number of likely N-dealkylation sites (tertiary alicyclic amines) is 1. The summed E-state index contributed by atoms with van der Waals surface area (Å²) in [5, 5.41) is 17.6. The Morgan fingerprint density at radius 1 is 1.57 bits per heavy atom. The summed E-state index contributed by atoms with van der Waals surface area (Å²) in [6, 6.07) is 1.56. The van der Waals surface area contributed by atoms with E-state index in [9.17, 15) is 9.90 Å². The van der Waals surface area contributed by atoms with E-state index in [0.717, 1.165) is 6.42 Å². The minimum absolute atomic E-state index is 0.0836. The zero-order valence-electron chi connectivity index (χ0n) is 13.9. The number of hydrogen-bond acceptors (Lipinski definition) is 6. The van der Waals surface area contributed by atoms with Gasteiger partial charge >= 0.3 is 0 Å². The minimum atomic E-state index is -0.858. The van der Waals surface area contributed by atoms with Gasteiger partial charge < -0.3 is 24.6 Å². The molecule has 0 saturated carbocycles. The van der Waals surface area contributed by atoms with Crippen molar-refractivity contribution in [3.63, 3.8) is 0 Å². The fraction of sp³-hybridized carbons (Fsp3) is 0.750. The van der Waals surface area contributed by atoms with Crippen LogP contribution in [0.1, 0.15) is 36.0 Å². The lowest BCUT2D eigenvalue weighted by Crippen LogP contribution is -2.51. The molecule has 2 saturated heterocycles. The number of aliphatic hydroxyl groups is 1. The number of ether oxygens (including phenoxy) is 1. The molecule has 0 spiro atoms. The Morgan fingerprint density at radius 2 is 2.35 bits per heavy atom. The van der Waals surface area contributed by atoms with Crippen LogP contribution >= 0.6 is 0 Å². The third-order valence-corrected chi connectivity index (χ3v) is 5.04. The fourth-order valence-corrected chi connectivity index (χ4v) is 3.70. The average Bonchev–Trinajstić information content (AvgIpc) is 2.88. The van der Waals surface area contributed by atoms with Crippen LogP contribution in [0.4, 0.5) is 0 Å². The van der Waals surface area contributed by atoms with Crippen molar-refractivity contribution < 1.29 is 19.2 Å². The van der Waals surface area contributed by atoms with Crippen LogP contribution in [-0.4, -0.2) is 65.6 Å². The molecule has 1 aromatic rings. The molecule has 1 aromatic heterocycles. The summed E-state index contributed by atoms with van der Waals surface area (Å²) in [5.41, 5.74) is -0.163. The Hall–Kier alpha value is -1.44. The van der Waals surface area contributed by atoms with Crippen molar-refractivity contribution in [3.8, 4) is 0 Å². The normalized spacial score (nSPS) is 34.8. The van der Waals surface area contributed by atoms with Gasteiger partial charge in [0.2, 0.25) is 5.76 Å². The molecule has 2 fully saturated rings. The molecule has 0 aromatic carbocycles. The first-order valence-electron chi connectivity index (χ1n) is 8.14. The minimum Gasteiger partial charge on any atom is -0.388 e. The van der Waals surface area contributed by atoms with Crippen LogP contribution in [0, 0.1) is 12.8 Å². The number of hydrogen-bond donors (Lipinski definition) is 2. The first-order valence-corrected chi connectivity index (χ1v) is 8.14. The molecule has 0 bridgehead atoms. The molecule has 7 nitrogen and oxygen atoms in total. The highest BCUT2D eigenvalue weighted by molar-refractivity contribution is 5.91. The van der Waals surface area contributed by atoms with Crippen LogP contribution in [0.3, 0.4) is 0 Å². The Labute approximate surface area is 136 Å². The predicted octanol–water partition coefficient (Wildman–Crippen LogP) is 0.573. The molecule has 23 heavy (non-hydrogen) atoms. The van der Waals surface area contributed by atoms with Crippen molar-refractivity contribution in [2.45, 2.75) is 44.4 Å². The van der Waals surface area contributed by atoms with E-state index in [-0.39, 0.29) is 29.7 Å². The summed E-state index contributed by atoms with van der Waals surface area (Å²) in [7, 11) is 1.83. The molecular weight excluding hydrogens is 298 g/mol. The van der Waals surface area contributed by atoms with Gasteiger partial charge in [-0.3, -0.25) is 4.79 Å². The van der Waals surface area contributed by atoms with E-state index in [1.54, 1.807) is 17.9 Å². The lowest BCUT2D eigenvalue weighted by molar-refractivity contribution is -0.0224. The monoisotopic (exact) mass is 323 g/mol. The van der Waals surface area contributed by atoms with Gasteiger partial charge in [0.1, 0.15) is 0 Å². The molecule has 0 unspecified atom stereocenters. The van der Waals surface area contributed by atoms with E-state index in [1.165, 1.54) is 0 Å². The number of aryl methyl sites for hydroxylation is 1. The molecule has 2 aliphatic rings. The maximum absolute atomic E-state index is 12.5. The topological polar surface area (TPSA) is 87.8 Å². The van der Waals surface area contributed by atoms with E-state index in [0.29, 0.717) is 31.8 Å². The summed E-state index contributed by atoms with van der Waals surface area (Å²) < 4.78 is 11.1. The van der Waals surface area contributed by atoms with Gasteiger partial charge in [-0.1, -0.05) is 5.16 Å². The Kier molecular flexibility index (Phi) is 4.44. The third kappa shape index (κ3) is 3.27. The van der Waals surface area contributed by atoms with Crippen molar-refractivity contribution >= 4 is 5.91 Å². The molecule has 0 aliphatic carbocycles. The van der Waals surface area contributed by atoms with Crippen LogP contribution in [0.5, 0.6) is 0 Å². The second-order valence-corrected chi connectivity index (χ2v) is 6.91. The summed E-state index contributed by atoms with van der Waals surface area (Å²) in [6.07, 6.45) is 1.46. The number of aromatic nitrogens is 1. The van der Waals surface area contributed by atoms with Gasteiger partial charge in [0.15, 0.2) is 0 Å². The van der Waals surface area contributed by atoms with Gasteiger partial charge in [-0.05, 0) is 33.7 Å². The third-order valence-electron chi connectivity index (χ3n) is 5.04. The first kappa shape index (κ1) is 16.4. The largest absolute Gasteiger partial charge is 0.388 e. The van der Waals surface area contributed by atoms with Crippen LogP contribution in [0.15, 0.2) is 10.6 Å². The molecule has 128 valence electrons. The molecule has 4 atom stereocenters. The van der Waals surface area contributed by atoms with Crippen molar-refractivity contribution in [2.24, 2.45) is 5.92 Å². The van der Waals surface area contributed by atoms with Gasteiger partial charge in [0.05, 0.1) is 30.0 Å². The predicted molar refractivity (Wildman–Crippen MR) is 83.1 cm³/mol. The summed E-state index contributed by atoms with van der Waals surface area (Å²) in [4.78, 5) is 14.3. The number of rotatable bonds is 2. The SMILES string of the molecule is CN[C@@H]1CO[C@@H]2CCN(C(=O)c3cc(C)no3)C[C@@H]2C[C@@]1(C)O. The maximum Gasteiger partial charge on any atom is 0.292 e. The molecular formula is C16H25N3O4. The number of fused-ring (bicyclic) bond motifs is 1. The van der Waals surface area contributed by atoms with Crippen molar-refractivity contribution in [1.82, 2.24) is 15.4 Å². The number of piperidine rings is 1. The highest BCUT2D eigenvalue weighted by Gasteiger charge is 2.43. The van der Waals surface area contributed by atoms with Crippen LogP contribution in [0.2, 0.25) is 0 Å². The molecule has 7 heteroatoms. The average molecular weight is 323 g/mol. The molecule has 0 radical (unpaired) electrons. The molecule has 2 N–H and O–H groups in total. The quantitative estimate of drug-likeness (QED) is 0.827. The summed E-state index contributed by atoms with van der Waals surface area (Å²) >= 11 is 0. The lowest BCUT2D eigenvalue weighted by atomic mass is 9.82. The van der Waals surface area contributed by atoms with Crippen molar-refractivity contribution in [2.75, 3.05) is 26.7 Å². The standard InChI is InChI=1S/C16H25N3O4/c1-10-6-13(23-18-10)15(20)19-5-4-12-11(8-19)7-16(2,21)14(17-3)9-22-12/h6,11-12,14,17,21H,4-5,7-9H2,1-3H3/t11-,12+,14+,16+/m0/s1. The van der Waals surface area contributed by atoms with Crippen molar-refractivity contribution in [1.29, 1.82) is 0 Å². The number of likely N-dealkylation sites (N-methyl/N-ethyl adjacent to an activating group) is 1. The Morgan fingerprint density at radius 3 is 3.00 bits per heavy atom. The smallest absolute Gasteiger partial charge is 0.292 e. The van der Waals surface area contributed by atoms with Gasteiger partial charge in [-0.2, -0.15) is 0 Å². The van der Waals surface area contributed by atoms with E-state index < -0.39 is 5.60 Å². The molecule has 1 amide bonds. The molecule has 3 rings (SSSR count). The second kappa shape index (κ2) is 6.22. The summed E-state index contributed by atoms with van der Waals surface area (Å²) in [6.45, 7) is 5.31. The second-order valence-electron chi connectivity index (χ2n) is 6.91. The zero-order valence-corrected chi connectivity index (χ0v) is 13.9. The fourth-order valence-electron chi connectivity index (χ4n) is 3.70. The summed E-state index contributed by atoms with van der Waals surface area (Å²) in [5.74, 6) is 0.249. The maximum atomic E-state index is 12.5. The van der Waals surface area contributed by atoms with Gasteiger partial charge in [-0.15, -0.1) is 0 Å². The van der Waals surface area contributed by atoms with Crippen molar-refractivity contribution in [3.05, 3.63) is 17.5 Å². The molecule has 3 heterocycles. The number of nitrogens with one attached hydrogen (secondary N) is 1. The number of amides is 1. The van der Waals surface area contributed by atoms with Crippen LogP contribution < -0.4 is 5.32 Å². The number of carbonyl (C=O) groups excluding carboxylic acids is 1. The molecule has 2 aliphatic heterocycles. The van der Waals surface area contributed by atoms with E-state index >= 15 is 0 Å². The number of carbonyl (C=O) groups is 1. The lowest BCUT2D eigenvalue weighted by Gasteiger charge is -2.38. The highest BCUT2D eigenvalue weighted by Crippen LogP contribution is 2.33. The number of nitrogens with zero attached hydrogens (tertiary/aromatic N) is 2. The van der Waals surface area contributed by atoms with Crippen LogP contribution in [0.25, 0.3) is 0 Å². The van der Waals surface area contributed by atoms with Gasteiger partial charge in [0, 0.05) is 25.1 Å². The Balaban J connectivity index is 1.72.